The Bertz CT molecular complexity index is 371. The van der Waals surface area contributed by atoms with Crippen LogP contribution in [-0.4, -0.2) is 17.1 Å². The molecule has 1 rings (SSSR count). The number of nitrogens with one attached hydrogen (secondary N) is 1. The van der Waals surface area contributed by atoms with Crippen molar-refractivity contribution in [3.63, 3.8) is 0 Å². The number of carbonyl (C=O) groups is 1. The van der Waals surface area contributed by atoms with Gasteiger partial charge in [0.1, 0.15) is 17.1 Å². The van der Waals surface area contributed by atoms with Crippen LogP contribution in [0.15, 0.2) is 10.5 Å². The Morgan fingerprint density at radius 1 is 1.59 bits per heavy atom. The van der Waals surface area contributed by atoms with E-state index in [1.807, 2.05) is 0 Å². The van der Waals surface area contributed by atoms with E-state index in [0.29, 0.717) is 24.1 Å². The van der Waals surface area contributed by atoms with E-state index in [-0.39, 0.29) is 5.56 Å². The fourth-order valence-corrected chi connectivity index (χ4v) is 1.73. The van der Waals surface area contributed by atoms with Gasteiger partial charge in [-0.15, -0.1) is 0 Å². The molecule has 0 bridgehead atoms. The molecule has 1 heterocycles. The maximum atomic E-state index is 10.8. The predicted molar refractivity (Wildman–Crippen MR) is 66.2 cm³/mol. The Hall–Kier alpha value is -1.29. The van der Waals surface area contributed by atoms with Crippen molar-refractivity contribution < 1.29 is 14.3 Å². The molecule has 4 heteroatoms. The van der Waals surface area contributed by atoms with E-state index in [0.717, 1.165) is 6.42 Å². The zero-order valence-corrected chi connectivity index (χ0v) is 10.7. The molecule has 96 valence electrons. The van der Waals surface area contributed by atoms with Crippen LogP contribution in [0.25, 0.3) is 0 Å². The predicted octanol–water partition coefficient (Wildman–Crippen LogP) is 2.95. The van der Waals surface area contributed by atoms with Gasteiger partial charge in [-0.1, -0.05) is 19.8 Å². The second-order valence-electron chi connectivity index (χ2n) is 4.41. The van der Waals surface area contributed by atoms with E-state index in [9.17, 15) is 4.79 Å². The van der Waals surface area contributed by atoms with Gasteiger partial charge in [-0.2, -0.15) is 0 Å². The highest BCUT2D eigenvalue weighted by Gasteiger charge is 2.13. The summed E-state index contributed by atoms with van der Waals surface area (Å²) in [5, 5.41) is 12.2. The average molecular weight is 239 g/mol. The molecule has 17 heavy (non-hydrogen) atoms. The number of carboxylic acids is 1. The first-order valence-corrected chi connectivity index (χ1v) is 6.10. The third kappa shape index (κ3) is 4.23. The van der Waals surface area contributed by atoms with Crippen LogP contribution in [-0.2, 0) is 6.54 Å². The number of aryl methyl sites for hydroxylation is 1. The summed E-state index contributed by atoms with van der Waals surface area (Å²) in [5.74, 6) is 0.218. The fourth-order valence-electron chi connectivity index (χ4n) is 1.73. The second kappa shape index (κ2) is 6.45. The van der Waals surface area contributed by atoms with Gasteiger partial charge in [-0.25, -0.2) is 4.79 Å². The van der Waals surface area contributed by atoms with Crippen LogP contribution in [0.2, 0.25) is 0 Å². The van der Waals surface area contributed by atoms with Crippen molar-refractivity contribution in [1.29, 1.82) is 0 Å². The van der Waals surface area contributed by atoms with Gasteiger partial charge in [0.15, 0.2) is 0 Å². The van der Waals surface area contributed by atoms with Crippen molar-refractivity contribution in [3.05, 3.63) is 23.2 Å². The molecular weight excluding hydrogens is 218 g/mol. The van der Waals surface area contributed by atoms with Crippen molar-refractivity contribution in [1.82, 2.24) is 5.32 Å². The van der Waals surface area contributed by atoms with E-state index < -0.39 is 5.97 Å². The summed E-state index contributed by atoms with van der Waals surface area (Å²) in [6.07, 6.45) is 3.52. The molecule has 0 fully saturated rings. The molecule has 1 unspecified atom stereocenters. The zero-order chi connectivity index (χ0) is 12.8. The van der Waals surface area contributed by atoms with E-state index in [1.54, 1.807) is 13.0 Å². The SMILES string of the molecule is CCCCC(C)NCc1cc(C(=O)O)c(C)o1. The van der Waals surface area contributed by atoms with Gasteiger partial charge in [0, 0.05) is 6.04 Å². The highest BCUT2D eigenvalue weighted by atomic mass is 16.4. The molecule has 0 aliphatic rings. The molecule has 0 aliphatic heterocycles. The minimum Gasteiger partial charge on any atom is -0.478 e. The molecular formula is C13H21NO3. The molecule has 0 radical (unpaired) electrons. The lowest BCUT2D eigenvalue weighted by Crippen LogP contribution is -2.25. The van der Waals surface area contributed by atoms with Crippen LogP contribution < -0.4 is 5.32 Å². The summed E-state index contributed by atoms with van der Waals surface area (Å²) < 4.78 is 5.39. The monoisotopic (exact) mass is 239 g/mol. The maximum Gasteiger partial charge on any atom is 0.339 e. The minimum absolute atomic E-state index is 0.253. The van der Waals surface area contributed by atoms with Crippen molar-refractivity contribution in [2.24, 2.45) is 0 Å². The Kier molecular flexibility index (Phi) is 5.22. The number of rotatable bonds is 7. The molecule has 0 saturated carbocycles. The van der Waals surface area contributed by atoms with Gasteiger partial charge in [-0.05, 0) is 26.3 Å². The Labute approximate surface area is 102 Å². The highest BCUT2D eigenvalue weighted by Crippen LogP contribution is 2.14. The topological polar surface area (TPSA) is 62.5 Å². The normalized spacial score (nSPS) is 12.6. The standard InChI is InChI=1S/C13H21NO3/c1-4-5-6-9(2)14-8-11-7-12(13(15)16)10(3)17-11/h7,9,14H,4-6,8H2,1-3H3,(H,15,16). The molecule has 0 aromatic carbocycles. The molecule has 2 N–H and O–H groups in total. The van der Waals surface area contributed by atoms with Gasteiger partial charge in [0.05, 0.1) is 6.54 Å². The maximum absolute atomic E-state index is 10.8. The van der Waals surface area contributed by atoms with Gasteiger partial charge in [0.2, 0.25) is 0 Å². The number of unbranched alkanes of at least 4 members (excludes halogenated alkanes) is 1. The second-order valence-corrected chi connectivity index (χ2v) is 4.41. The van der Waals surface area contributed by atoms with Crippen LogP contribution in [0.4, 0.5) is 0 Å². The van der Waals surface area contributed by atoms with Gasteiger partial charge < -0.3 is 14.8 Å². The highest BCUT2D eigenvalue weighted by molar-refractivity contribution is 5.88. The molecule has 0 saturated heterocycles. The number of carboxylic acid groups (broad SMARTS) is 1. The summed E-state index contributed by atoms with van der Waals surface area (Å²) >= 11 is 0. The first-order valence-electron chi connectivity index (χ1n) is 6.10. The number of aromatic carboxylic acids is 1. The third-order valence-electron chi connectivity index (χ3n) is 2.81. The van der Waals surface area contributed by atoms with Crippen LogP contribution in [0.1, 0.15) is 55.0 Å². The molecule has 1 aromatic heterocycles. The van der Waals surface area contributed by atoms with Crippen LogP contribution in [0.5, 0.6) is 0 Å². The number of hydrogen-bond donors (Lipinski definition) is 2. The Morgan fingerprint density at radius 2 is 2.29 bits per heavy atom. The molecule has 0 spiro atoms. The molecule has 0 amide bonds. The summed E-state index contributed by atoms with van der Waals surface area (Å²) in [5.41, 5.74) is 0.253. The van der Waals surface area contributed by atoms with Gasteiger partial charge in [0.25, 0.3) is 0 Å². The Balaban J connectivity index is 2.47. The smallest absolute Gasteiger partial charge is 0.339 e. The quantitative estimate of drug-likeness (QED) is 0.768. The zero-order valence-electron chi connectivity index (χ0n) is 10.7. The lowest BCUT2D eigenvalue weighted by atomic mass is 10.1. The molecule has 1 atom stereocenters. The molecule has 1 aromatic rings. The van der Waals surface area contributed by atoms with E-state index in [4.69, 9.17) is 9.52 Å². The Morgan fingerprint density at radius 3 is 2.82 bits per heavy atom. The van der Waals surface area contributed by atoms with Gasteiger partial charge >= 0.3 is 5.97 Å². The van der Waals surface area contributed by atoms with Crippen molar-refractivity contribution in [2.75, 3.05) is 0 Å². The number of furan rings is 1. The lowest BCUT2D eigenvalue weighted by Gasteiger charge is -2.11. The summed E-state index contributed by atoms with van der Waals surface area (Å²) in [6, 6.07) is 2.02. The van der Waals surface area contributed by atoms with E-state index in [1.165, 1.54) is 12.8 Å². The summed E-state index contributed by atoms with van der Waals surface area (Å²) in [4.78, 5) is 10.8. The fraction of sp³-hybridized carbons (Fsp3) is 0.615. The van der Waals surface area contributed by atoms with Crippen LogP contribution in [0, 0.1) is 6.92 Å². The van der Waals surface area contributed by atoms with Crippen LogP contribution >= 0.6 is 0 Å². The lowest BCUT2D eigenvalue weighted by molar-refractivity contribution is 0.0695. The average Bonchev–Trinajstić information content (AvgIpc) is 2.65. The summed E-state index contributed by atoms with van der Waals surface area (Å²) in [6.45, 7) is 6.55. The number of hydrogen-bond acceptors (Lipinski definition) is 3. The van der Waals surface area contributed by atoms with Crippen LogP contribution in [0.3, 0.4) is 0 Å². The summed E-state index contributed by atoms with van der Waals surface area (Å²) in [7, 11) is 0. The first kappa shape index (κ1) is 13.8. The third-order valence-corrected chi connectivity index (χ3v) is 2.81. The van der Waals surface area contributed by atoms with E-state index >= 15 is 0 Å². The van der Waals surface area contributed by atoms with Gasteiger partial charge in [-0.3, -0.25) is 0 Å². The van der Waals surface area contributed by atoms with Crippen molar-refractivity contribution in [3.8, 4) is 0 Å². The largest absolute Gasteiger partial charge is 0.478 e. The van der Waals surface area contributed by atoms with Crippen molar-refractivity contribution in [2.45, 2.75) is 52.6 Å². The van der Waals surface area contributed by atoms with Crippen molar-refractivity contribution >= 4 is 5.97 Å². The van der Waals surface area contributed by atoms with E-state index in [2.05, 4.69) is 19.2 Å². The molecule has 0 aliphatic carbocycles. The minimum atomic E-state index is -0.934. The molecule has 4 nitrogen and oxygen atoms in total. The first-order chi connectivity index (χ1) is 8.04.